The molecule has 0 spiro atoms. The monoisotopic (exact) mass is 519 g/mol. The first-order valence-corrected chi connectivity index (χ1v) is 12.6. The van der Waals surface area contributed by atoms with E-state index in [4.69, 9.17) is 9.47 Å². The minimum Gasteiger partial charge on any atom is -0.507 e. The minimum absolute atomic E-state index is 0.00126. The van der Waals surface area contributed by atoms with Gasteiger partial charge < -0.3 is 14.6 Å². The van der Waals surface area contributed by atoms with Gasteiger partial charge in [-0.25, -0.2) is 13.8 Å². The predicted octanol–water partition coefficient (Wildman–Crippen LogP) is 3.91. The maximum absolute atomic E-state index is 13.6. The van der Waals surface area contributed by atoms with E-state index in [2.05, 4.69) is 10.5 Å². The first kappa shape index (κ1) is 25.5. The topological polar surface area (TPSA) is 118 Å². The molecule has 190 valence electrons. The van der Waals surface area contributed by atoms with Crippen LogP contribution >= 0.6 is 0 Å². The van der Waals surface area contributed by atoms with E-state index in [1.165, 1.54) is 38.6 Å². The van der Waals surface area contributed by atoms with E-state index in [1.807, 2.05) is 24.3 Å². The lowest BCUT2D eigenvalue weighted by Gasteiger charge is -2.24. The van der Waals surface area contributed by atoms with Crippen LogP contribution in [-0.4, -0.2) is 46.4 Å². The van der Waals surface area contributed by atoms with Crippen LogP contribution in [0.25, 0.3) is 10.8 Å². The number of amides is 1. The van der Waals surface area contributed by atoms with Crippen molar-refractivity contribution in [2.24, 2.45) is 5.10 Å². The van der Waals surface area contributed by atoms with Crippen molar-refractivity contribution in [1.82, 2.24) is 5.43 Å². The number of carbonyl (C=O) groups excluding carboxylic acids is 1. The standard InChI is InChI=1S/C27H25N3O6S/c1-35-25-15-13-21(16-26(25)36-2)37(33,34)30(20-9-4-3-5-10-20)18-27(32)29-28-17-23-22-11-7-6-8-19(22)12-14-24(23)31/h3-17,31H,18H2,1-2H3,(H,29,32)/b28-17-. The third-order valence-corrected chi connectivity index (χ3v) is 7.37. The number of aromatic hydroxyl groups is 1. The molecule has 4 rings (SSSR count). The highest BCUT2D eigenvalue weighted by molar-refractivity contribution is 7.92. The summed E-state index contributed by atoms with van der Waals surface area (Å²) in [4.78, 5) is 12.8. The molecule has 4 aromatic rings. The van der Waals surface area contributed by atoms with Gasteiger partial charge in [-0.1, -0.05) is 48.5 Å². The zero-order valence-corrected chi connectivity index (χ0v) is 21.0. The summed E-state index contributed by atoms with van der Waals surface area (Å²) in [6.45, 7) is -0.542. The molecule has 9 nitrogen and oxygen atoms in total. The number of ether oxygens (including phenoxy) is 2. The van der Waals surface area contributed by atoms with Crippen molar-refractivity contribution in [2.45, 2.75) is 4.90 Å². The average molecular weight is 520 g/mol. The summed E-state index contributed by atoms with van der Waals surface area (Å²) in [5.41, 5.74) is 3.08. The van der Waals surface area contributed by atoms with Crippen LogP contribution in [0.4, 0.5) is 5.69 Å². The number of hydrogen-bond donors (Lipinski definition) is 2. The van der Waals surface area contributed by atoms with Crippen molar-refractivity contribution >= 4 is 38.6 Å². The Balaban J connectivity index is 1.60. The second-order valence-electron chi connectivity index (χ2n) is 7.88. The summed E-state index contributed by atoms with van der Waals surface area (Å²) in [7, 11) is -1.32. The van der Waals surface area contributed by atoms with Crippen LogP contribution in [0.2, 0.25) is 0 Å². The maximum Gasteiger partial charge on any atom is 0.264 e. The van der Waals surface area contributed by atoms with E-state index >= 15 is 0 Å². The predicted molar refractivity (Wildman–Crippen MR) is 142 cm³/mol. The highest BCUT2D eigenvalue weighted by Crippen LogP contribution is 2.32. The normalized spacial score (nSPS) is 11.4. The van der Waals surface area contributed by atoms with Crippen LogP contribution in [-0.2, 0) is 14.8 Å². The number of hydrogen-bond acceptors (Lipinski definition) is 7. The number of phenols is 1. The molecule has 0 bridgehead atoms. The number of sulfonamides is 1. The van der Waals surface area contributed by atoms with E-state index < -0.39 is 22.5 Å². The number of anilines is 1. The quantitative estimate of drug-likeness (QED) is 0.256. The summed E-state index contributed by atoms with van der Waals surface area (Å²) in [5.74, 6) is -0.0699. The number of hydrazone groups is 1. The zero-order valence-electron chi connectivity index (χ0n) is 20.2. The van der Waals surface area contributed by atoms with Crippen molar-refractivity contribution in [3.8, 4) is 17.2 Å². The Kier molecular flexibility index (Phi) is 7.59. The molecule has 1 amide bonds. The molecule has 0 saturated heterocycles. The molecule has 37 heavy (non-hydrogen) atoms. The molecule has 0 aliphatic heterocycles. The minimum atomic E-state index is -4.17. The van der Waals surface area contributed by atoms with Crippen LogP contribution in [0, 0.1) is 0 Å². The van der Waals surface area contributed by atoms with Crippen LogP contribution in [0.15, 0.2) is 94.9 Å². The molecule has 0 heterocycles. The zero-order chi connectivity index (χ0) is 26.4. The molecule has 2 N–H and O–H groups in total. The van der Waals surface area contributed by atoms with Gasteiger partial charge in [0.15, 0.2) is 11.5 Å². The van der Waals surface area contributed by atoms with Gasteiger partial charge in [-0.2, -0.15) is 5.10 Å². The molecule has 0 aliphatic rings. The summed E-state index contributed by atoms with van der Waals surface area (Å²) in [5, 5.41) is 15.9. The average Bonchev–Trinajstić information content (AvgIpc) is 2.92. The molecule has 0 radical (unpaired) electrons. The van der Waals surface area contributed by atoms with Gasteiger partial charge >= 0.3 is 0 Å². The number of rotatable bonds is 9. The number of fused-ring (bicyclic) bond motifs is 1. The molecular weight excluding hydrogens is 494 g/mol. The summed E-state index contributed by atoms with van der Waals surface area (Å²) >= 11 is 0. The molecular formula is C27H25N3O6S. The van der Waals surface area contributed by atoms with Crippen LogP contribution in [0.5, 0.6) is 17.2 Å². The van der Waals surface area contributed by atoms with Gasteiger partial charge in [0.25, 0.3) is 15.9 Å². The molecule has 0 saturated carbocycles. The number of methoxy groups -OCH3 is 2. The van der Waals surface area contributed by atoms with Gasteiger partial charge in [-0.3, -0.25) is 9.10 Å². The molecule has 0 aromatic heterocycles. The second kappa shape index (κ2) is 11.0. The molecule has 4 aromatic carbocycles. The van der Waals surface area contributed by atoms with Crippen molar-refractivity contribution in [3.05, 3.63) is 90.5 Å². The number of nitrogens with one attached hydrogen (secondary N) is 1. The van der Waals surface area contributed by atoms with Gasteiger partial charge in [0.2, 0.25) is 0 Å². The van der Waals surface area contributed by atoms with Crippen molar-refractivity contribution in [1.29, 1.82) is 0 Å². The van der Waals surface area contributed by atoms with Crippen LogP contribution in [0.3, 0.4) is 0 Å². The van der Waals surface area contributed by atoms with Crippen molar-refractivity contribution in [3.63, 3.8) is 0 Å². The fourth-order valence-corrected chi connectivity index (χ4v) is 5.20. The van der Waals surface area contributed by atoms with Gasteiger partial charge in [0, 0.05) is 11.6 Å². The highest BCUT2D eigenvalue weighted by Gasteiger charge is 2.28. The lowest BCUT2D eigenvalue weighted by atomic mass is 10.0. The maximum atomic E-state index is 13.6. The number of carbonyl (C=O) groups is 1. The first-order valence-electron chi connectivity index (χ1n) is 11.2. The second-order valence-corrected chi connectivity index (χ2v) is 9.74. The molecule has 0 atom stereocenters. The number of phenolic OH excluding ortho intramolecular Hbond substituents is 1. The number of benzene rings is 4. The Morgan fingerprint density at radius 3 is 2.38 bits per heavy atom. The number of nitrogens with zero attached hydrogens (tertiary/aromatic N) is 2. The van der Waals surface area contributed by atoms with E-state index in [0.717, 1.165) is 15.1 Å². The molecule has 0 aliphatic carbocycles. The Morgan fingerprint density at radius 2 is 1.65 bits per heavy atom. The lowest BCUT2D eigenvalue weighted by molar-refractivity contribution is -0.119. The molecule has 0 unspecified atom stereocenters. The Bertz CT molecular complexity index is 1560. The first-order chi connectivity index (χ1) is 17.8. The Morgan fingerprint density at radius 1 is 0.946 bits per heavy atom. The van der Waals surface area contributed by atoms with Crippen molar-refractivity contribution < 1.29 is 27.8 Å². The number of para-hydroxylation sites is 1. The molecule has 0 fully saturated rings. The fourth-order valence-electron chi connectivity index (χ4n) is 3.77. The fraction of sp³-hybridized carbons (Fsp3) is 0.111. The van der Waals surface area contributed by atoms with E-state index in [9.17, 15) is 18.3 Å². The molecule has 10 heteroatoms. The Labute approximate surface area is 214 Å². The van der Waals surface area contributed by atoms with Crippen LogP contribution < -0.4 is 19.2 Å². The van der Waals surface area contributed by atoms with Crippen molar-refractivity contribution in [2.75, 3.05) is 25.1 Å². The Hall–Kier alpha value is -4.57. The van der Waals surface area contributed by atoms with Gasteiger partial charge in [0.1, 0.15) is 12.3 Å². The third kappa shape index (κ3) is 5.49. The summed E-state index contributed by atoms with van der Waals surface area (Å²) in [6.07, 6.45) is 1.32. The van der Waals surface area contributed by atoms with Crippen LogP contribution in [0.1, 0.15) is 5.56 Å². The van der Waals surface area contributed by atoms with E-state index in [-0.39, 0.29) is 16.4 Å². The van der Waals surface area contributed by atoms with E-state index in [1.54, 1.807) is 42.5 Å². The van der Waals surface area contributed by atoms with Gasteiger partial charge in [-0.15, -0.1) is 0 Å². The van der Waals surface area contributed by atoms with E-state index in [0.29, 0.717) is 17.0 Å². The lowest BCUT2D eigenvalue weighted by Crippen LogP contribution is -2.39. The smallest absolute Gasteiger partial charge is 0.264 e. The SMILES string of the molecule is COc1ccc(S(=O)(=O)N(CC(=O)N/N=C\c2c(O)ccc3ccccc23)c2ccccc2)cc1OC. The summed E-state index contributed by atoms with van der Waals surface area (Å²) < 4.78 is 38.6. The van der Waals surface area contributed by atoms with Gasteiger partial charge in [0.05, 0.1) is 31.0 Å². The largest absolute Gasteiger partial charge is 0.507 e. The summed E-state index contributed by atoms with van der Waals surface area (Å²) in [6, 6.07) is 23.2. The van der Waals surface area contributed by atoms with Gasteiger partial charge in [-0.05, 0) is 41.1 Å². The highest BCUT2D eigenvalue weighted by atomic mass is 32.2. The third-order valence-electron chi connectivity index (χ3n) is 5.60.